The zero-order chi connectivity index (χ0) is 12.9. The number of fused-ring (bicyclic) bond motifs is 1. The number of hydrogen-bond donors (Lipinski definition) is 0. The Balaban J connectivity index is 1.85. The van der Waals surface area contributed by atoms with Crippen LogP contribution in [-0.2, 0) is 0 Å². The summed E-state index contributed by atoms with van der Waals surface area (Å²) in [5, 5.41) is 0. The SMILES string of the molecule is C=CCN1CC2=C3CCCCC31C1CCC=CC1=C2. The zero-order valence-corrected chi connectivity index (χ0v) is 11.7. The normalized spacial score (nSPS) is 36.8. The van der Waals surface area contributed by atoms with E-state index < -0.39 is 0 Å². The maximum Gasteiger partial charge on any atom is 0.0502 e. The van der Waals surface area contributed by atoms with Crippen LogP contribution in [0.25, 0.3) is 0 Å². The number of rotatable bonds is 2. The largest absolute Gasteiger partial charge is 0.285 e. The number of allylic oxidation sites excluding steroid dienone is 2. The Morgan fingerprint density at radius 1 is 1.42 bits per heavy atom. The molecule has 1 heteroatoms. The van der Waals surface area contributed by atoms with Gasteiger partial charge in [-0.05, 0) is 48.8 Å². The molecule has 0 saturated heterocycles. The highest BCUT2D eigenvalue weighted by atomic mass is 15.2. The van der Waals surface area contributed by atoms with Crippen molar-refractivity contribution in [2.24, 2.45) is 5.92 Å². The fourth-order valence-electron chi connectivity index (χ4n) is 5.04. The molecular formula is C18H23N. The monoisotopic (exact) mass is 253 g/mol. The van der Waals surface area contributed by atoms with E-state index in [1.165, 1.54) is 38.5 Å². The molecule has 1 nitrogen and oxygen atoms in total. The van der Waals surface area contributed by atoms with Crippen LogP contribution in [-0.4, -0.2) is 23.5 Å². The molecular weight excluding hydrogens is 230 g/mol. The molecule has 0 aromatic carbocycles. The van der Waals surface area contributed by atoms with Crippen LogP contribution in [0.2, 0.25) is 0 Å². The fourth-order valence-corrected chi connectivity index (χ4v) is 5.04. The smallest absolute Gasteiger partial charge is 0.0502 e. The Morgan fingerprint density at radius 2 is 2.37 bits per heavy atom. The molecule has 0 spiro atoms. The number of hydrogen-bond acceptors (Lipinski definition) is 1. The predicted molar refractivity (Wildman–Crippen MR) is 79.9 cm³/mol. The lowest BCUT2D eigenvalue weighted by molar-refractivity contribution is 0.0896. The van der Waals surface area contributed by atoms with Crippen LogP contribution in [0.3, 0.4) is 0 Å². The lowest BCUT2D eigenvalue weighted by Gasteiger charge is -2.51. The van der Waals surface area contributed by atoms with Crippen LogP contribution >= 0.6 is 0 Å². The van der Waals surface area contributed by atoms with Crippen molar-refractivity contribution in [2.45, 2.75) is 44.1 Å². The van der Waals surface area contributed by atoms with Gasteiger partial charge in [0.15, 0.2) is 0 Å². The van der Waals surface area contributed by atoms with Gasteiger partial charge in [0.25, 0.3) is 0 Å². The highest BCUT2D eigenvalue weighted by molar-refractivity contribution is 5.53. The van der Waals surface area contributed by atoms with Crippen LogP contribution in [0.1, 0.15) is 38.5 Å². The molecule has 4 rings (SSSR count). The van der Waals surface area contributed by atoms with Gasteiger partial charge < -0.3 is 0 Å². The fraction of sp³-hybridized carbons (Fsp3) is 0.556. The predicted octanol–water partition coefficient (Wildman–Crippen LogP) is 4.00. The second-order valence-electron chi connectivity index (χ2n) is 6.48. The maximum atomic E-state index is 3.99. The van der Waals surface area contributed by atoms with Crippen molar-refractivity contribution >= 4 is 0 Å². The summed E-state index contributed by atoms with van der Waals surface area (Å²) in [6.07, 6.45) is 17.5. The molecule has 0 aromatic heterocycles. The zero-order valence-electron chi connectivity index (χ0n) is 11.7. The summed E-state index contributed by atoms with van der Waals surface area (Å²) >= 11 is 0. The molecule has 2 bridgehead atoms. The Bertz CT molecular complexity index is 508. The Hall–Kier alpha value is -1.08. The van der Waals surface area contributed by atoms with Gasteiger partial charge in [0.1, 0.15) is 0 Å². The summed E-state index contributed by atoms with van der Waals surface area (Å²) in [5.41, 5.74) is 5.42. The topological polar surface area (TPSA) is 3.24 Å². The first kappa shape index (κ1) is 11.7. The molecule has 4 aliphatic rings. The third kappa shape index (κ3) is 1.45. The van der Waals surface area contributed by atoms with Crippen LogP contribution in [0, 0.1) is 5.92 Å². The average molecular weight is 253 g/mol. The summed E-state index contributed by atoms with van der Waals surface area (Å²) in [6, 6.07) is 0. The summed E-state index contributed by atoms with van der Waals surface area (Å²) in [6.45, 7) is 6.20. The van der Waals surface area contributed by atoms with Crippen LogP contribution < -0.4 is 0 Å². The van der Waals surface area contributed by atoms with E-state index in [2.05, 4.69) is 35.8 Å². The van der Waals surface area contributed by atoms with Crippen molar-refractivity contribution in [3.05, 3.63) is 47.6 Å². The van der Waals surface area contributed by atoms with Gasteiger partial charge in [-0.2, -0.15) is 0 Å². The van der Waals surface area contributed by atoms with Crippen LogP contribution in [0.15, 0.2) is 47.6 Å². The van der Waals surface area contributed by atoms with E-state index in [0.717, 1.165) is 19.0 Å². The first-order valence-electron chi connectivity index (χ1n) is 7.83. The van der Waals surface area contributed by atoms with E-state index >= 15 is 0 Å². The first-order valence-corrected chi connectivity index (χ1v) is 7.83. The summed E-state index contributed by atoms with van der Waals surface area (Å²) < 4.78 is 0. The molecule has 0 radical (unpaired) electrons. The minimum atomic E-state index is 0.372. The third-order valence-corrected chi connectivity index (χ3v) is 5.67. The molecule has 1 heterocycles. The van der Waals surface area contributed by atoms with Gasteiger partial charge in [-0.3, -0.25) is 4.90 Å². The van der Waals surface area contributed by atoms with Crippen molar-refractivity contribution in [1.82, 2.24) is 4.90 Å². The Kier molecular flexibility index (Phi) is 2.60. The van der Waals surface area contributed by atoms with Gasteiger partial charge in [-0.1, -0.05) is 30.7 Å². The second-order valence-corrected chi connectivity index (χ2v) is 6.48. The van der Waals surface area contributed by atoms with Crippen LogP contribution in [0.4, 0.5) is 0 Å². The standard InChI is InChI=1S/C18H23N/c1-2-11-19-13-15-12-14-7-3-4-8-16(14)18(19)10-6-5-9-17(15)18/h2-3,7,12,16H,1,4-6,8-11,13H2. The van der Waals surface area contributed by atoms with Gasteiger partial charge in [-0.25, -0.2) is 0 Å². The molecule has 2 atom stereocenters. The molecule has 0 N–H and O–H groups in total. The minimum Gasteiger partial charge on any atom is -0.285 e. The summed E-state index contributed by atoms with van der Waals surface area (Å²) in [4.78, 5) is 2.73. The second kappa shape index (κ2) is 4.21. The van der Waals surface area contributed by atoms with E-state index in [0.29, 0.717) is 5.54 Å². The van der Waals surface area contributed by atoms with E-state index in [1.54, 1.807) is 16.7 Å². The Labute approximate surface area is 116 Å². The summed E-state index contributed by atoms with van der Waals surface area (Å²) in [5.74, 6) is 0.749. The van der Waals surface area contributed by atoms with E-state index in [4.69, 9.17) is 0 Å². The first-order chi connectivity index (χ1) is 9.36. The Morgan fingerprint density at radius 3 is 3.26 bits per heavy atom. The minimum absolute atomic E-state index is 0.372. The van der Waals surface area contributed by atoms with E-state index in [9.17, 15) is 0 Å². The van der Waals surface area contributed by atoms with Gasteiger partial charge in [0, 0.05) is 19.0 Å². The molecule has 19 heavy (non-hydrogen) atoms. The molecule has 1 saturated carbocycles. The van der Waals surface area contributed by atoms with E-state index in [-0.39, 0.29) is 0 Å². The molecule has 100 valence electrons. The maximum absolute atomic E-state index is 3.99. The van der Waals surface area contributed by atoms with Crippen molar-refractivity contribution < 1.29 is 0 Å². The molecule has 1 fully saturated rings. The average Bonchev–Trinajstić information content (AvgIpc) is 2.69. The van der Waals surface area contributed by atoms with E-state index in [1.807, 2.05) is 0 Å². The van der Waals surface area contributed by atoms with Crippen molar-refractivity contribution in [1.29, 1.82) is 0 Å². The lowest BCUT2D eigenvalue weighted by atomic mass is 9.62. The molecule has 1 aliphatic heterocycles. The summed E-state index contributed by atoms with van der Waals surface area (Å²) in [7, 11) is 0. The van der Waals surface area contributed by atoms with Gasteiger partial charge in [0.2, 0.25) is 0 Å². The molecule has 0 aromatic rings. The highest BCUT2D eigenvalue weighted by Crippen LogP contribution is 2.56. The molecule has 2 unspecified atom stereocenters. The number of nitrogens with zero attached hydrogens (tertiary/aromatic N) is 1. The van der Waals surface area contributed by atoms with Crippen molar-refractivity contribution in [3.8, 4) is 0 Å². The van der Waals surface area contributed by atoms with Gasteiger partial charge in [-0.15, -0.1) is 6.58 Å². The van der Waals surface area contributed by atoms with Crippen molar-refractivity contribution in [3.63, 3.8) is 0 Å². The van der Waals surface area contributed by atoms with Crippen LogP contribution in [0.5, 0.6) is 0 Å². The van der Waals surface area contributed by atoms with Crippen molar-refractivity contribution in [2.75, 3.05) is 13.1 Å². The quantitative estimate of drug-likeness (QED) is 0.672. The van der Waals surface area contributed by atoms with Gasteiger partial charge in [0.05, 0.1) is 5.54 Å². The highest BCUT2D eigenvalue weighted by Gasteiger charge is 2.54. The van der Waals surface area contributed by atoms with Gasteiger partial charge >= 0.3 is 0 Å². The third-order valence-electron chi connectivity index (χ3n) is 5.67. The lowest BCUT2D eigenvalue weighted by Crippen LogP contribution is -2.54. The molecule has 0 amide bonds. The molecule has 3 aliphatic carbocycles.